The van der Waals surface area contributed by atoms with Crippen LogP contribution in [0.4, 0.5) is 11.5 Å². The Kier molecular flexibility index (Phi) is 4.45. The van der Waals surface area contributed by atoms with Crippen LogP contribution in [-0.2, 0) is 9.53 Å². The minimum Gasteiger partial charge on any atom is -0.467 e. The van der Waals surface area contributed by atoms with Gasteiger partial charge in [0.15, 0.2) is 6.04 Å². The number of carbonyl (C=O) groups excluding carboxylic acids is 1. The van der Waals surface area contributed by atoms with E-state index in [0.29, 0.717) is 5.56 Å². The number of ether oxygens (including phenoxy) is 1. The minimum atomic E-state index is -0.848. The third kappa shape index (κ3) is 3.33. The van der Waals surface area contributed by atoms with E-state index >= 15 is 0 Å². The summed E-state index contributed by atoms with van der Waals surface area (Å²) in [6.45, 7) is 0. The zero-order valence-corrected chi connectivity index (χ0v) is 11.2. The van der Waals surface area contributed by atoms with Gasteiger partial charge < -0.3 is 20.2 Å². The summed E-state index contributed by atoms with van der Waals surface area (Å²) in [4.78, 5) is 26.0. The maximum absolute atomic E-state index is 11.9. The number of nitrogens with one attached hydrogen (secondary N) is 1. The van der Waals surface area contributed by atoms with Crippen LogP contribution in [0, 0.1) is 10.1 Å². The monoisotopic (exact) mass is 287 g/mol. The SMILES string of the molecule is COC(=O)C(Nc1cccnc1[N+](=O)[O-])c1ccccc1. The standard InChI is InChI=1S/C14H13N3O4/c1-21-14(18)12(10-6-3-2-4-7-10)16-11-8-5-9-15-13(11)17(19)20/h2-9,12,16H,1H3. The van der Waals surface area contributed by atoms with Crippen LogP contribution >= 0.6 is 0 Å². The average molecular weight is 287 g/mol. The van der Waals surface area contributed by atoms with Gasteiger partial charge in [0.1, 0.15) is 11.9 Å². The molecule has 0 saturated carbocycles. The highest BCUT2D eigenvalue weighted by Gasteiger charge is 2.25. The number of benzene rings is 1. The number of hydrogen-bond acceptors (Lipinski definition) is 6. The van der Waals surface area contributed by atoms with Gasteiger partial charge in [-0.05, 0) is 27.6 Å². The minimum absolute atomic E-state index is 0.154. The molecule has 0 fully saturated rings. The molecule has 0 aliphatic rings. The zero-order chi connectivity index (χ0) is 15.2. The van der Waals surface area contributed by atoms with E-state index in [1.807, 2.05) is 6.07 Å². The van der Waals surface area contributed by atoms with Crippen LogP contribution in [0.25, 0.3) is 0 Å². The van der Waals surface area contributed by atoms with Crippen molar-refractivity contribution in [2.45, 2.75) is 6.04 Å². The number of anilines is 1. The molecule has 0 saturated heterocycles. The number of rotatable bonds is 5. The third-order valence-corrected chi connectivity index (χ3v) is 2.83. The van der Waals surface area contributed by atoms with Crippen LogP contribution in [0.15, 0.2) is 48.7 Å². The van der Waals surface area contributed by atoms with Crippen LogP contribution in [-0.4, -0.2) is 23.0 Å². The van der Waals surface area contributed by atoms with Crippen molar-refractivity contribution in [2.24, 2.45) is 0 Å². The van der Waals surface area contributed by atoms with Crippen molar-refractivity contribution in [3.05, 3.63) is 64.3 Å². The predicted octanol–water partition coefficient (Wildman–Crippen LogP) is 2.32. The number of nitro groups is 1. The molecule has 2 rings (SSSR count). The fourth-order valence-corrected chi connectivity index (χ4v) is 1.85. The zero-order valence-electron chi connectivity index (χ0n) is 11.2. The van der Waals surface area contributed by atoms with E-state index in [0.717, 1.165) is 0 Å². The first-order chi connectivity index (χ1) is 10.1. The van der Waals surface area contributed by atoms with E-state index < -0.39 is 16.9 Å². The highest BCUT2D eigenvalue weighted by atomic mass is 16.6. The number of hydrogen-bond donors (Lipinski definition) is 1. The fourth-order valence-electron chi connectivity index (χ4n) is 1.85. The Morgan fingerprint density at radius 2 is 2.00 bits per heavy atom. The quantitative estimate of drug-likeness (QED) is 0.515. The smallest absolute Gasteiger partial charge is 0.386 e. The molecule has 21 heavy (non-hydrogen) atoms. The van der Waals surface area contributed by atoms with Gasteiger partial charge in [-0.15, -0.1) is 0 Å². The molecule has 1 aromatic heterocycles. The maximum Gasteiger partial charge on any atom is 0.386 e. The molecular weight excluding hydrogens is 274 g/mol. The van der Waals surface area contributed by atoms with Crippen LogP contribution in [0.5, 0.6) is 0 Å². The fraction of sp³-hybridized carbons (Fsp3) is 0.143. The highest BCUT2D eigenvalue weighted by molar-refractivity contribution is 5.81. The van der Waals surface area contributed by atoms with Crippen molar-refractivity contribution in [3.63, 3.8) is 0 Å². The van der Waals surface area contributed by atoms with Gasteiger partial charge in [0.05, 0.1) is 7.11 Å². The van der Waals surface area contributed by atoms with E-state index in [4.69, 9.17) is 4.74 Å². The van der Waals surface area contributed by atoms with Crippen molar-refractivity contribution in [3.8, 4) is 0 Å². The van der Waals surface area contributed by atoms with Gasteiger partial charge in [0.25, 0.3) is 0 Å². The Labute approximate surface area is 120 Å². The highest BCUT2D eigenvalue weighted by Crippen LogP contribution is 2.26. The Morgan fingerprint density at radius 3 is 2.62 bits per heavy atom. The van der Waals surface area contributed by atoms with Crippen LogP contribution in [0.1, 0.15) is 11.6 Å². The topological polar surface area (TPSA) is 94.4 Å². The second-order valence-electron chi connectivity index (χ2n) is 4.14. The number of esters is 1. The third-order valence-electron chi connectivity index (χ3n) is 2.83. The first-order valence-electron chi connectivity index (χ1n) is 6.12. The first-order valence-corrected chi connectivity index (χ1v) is 6.12. The molecule has 0 bridgehead atoms. The summed E-state index contributed by atoms with van der Waals surface area (Å²) in [6, 6.07) is 11.0. The van der Waals surface area contributed by atoms with Gasteiger partial charge in [-0.2, -0.15) is 0 Å². The van der Waals surface area contributed by atoms with E-state index in [2.05, 4.69) is 10.3 Å². The molecule has 7 nitrogen and oxygen atoms in total. The second kappa shape index (κ2) is 6.47. The van der Waals surface area contributed by atoms with Gasteiger partial charge >= 0.3 is 11.8 Å². The number of pyridine rings is 1. The second-order valence-corrected chi connectivity index (χ2v) is 4.14. The molecule has 1 unspecified atom stereocenters. The number of aromatic nitrogens is 1. The molecule has 1 atom stereocenters. The van der Waals surface area contributed by atoms with Crippen LogP contribution in [0.3, 0.4) is 0 Å². The molecule has 1 N–H and O–H groups in total. The van der Waals surface area contributed by atoms with Crippen LogP contribution < -0.4 is 5.32 Å². The molecule has 2 aromatic rings. The number of nitrogens with zero attached hydrogens (tertiary/aromatic N) is 2. The maximum atomic E-state index is 11.9. The molecule has 7 heteroatoms. The summed E-state index contributed by atoms with van der Waals surface area (Å²) in [5.74, 6) is -0.887. The van der Waals surface area contributed by atoms with E-state index in [9.17, 15) is 14.9 Å². The lowest BCUT2D eigenvalue weighted by molar-refractivity contribution is -0.388. The van der Waals surface area contributed by atoms with Crippen molar-refractivity contribution in [2.75, 3.05) is 12.4 Å². The summed E-state index contributed by atoms with van der Waals surface area (Å²) >= 11 is 0. The molecule has 0 radical (unpaired) electrons. The normalized spacial score (nSPS) is 11.5. The predicted molar refractivity (Wildman–Crippen MR) is 75.7 cm³/mol. The molecule has 1 aromatic carbocycles. The van der Waals surface area contributed by atoms with Crippen molar-refractivity contribution >= 4 is 17.5 Å². The van der Waals surface area contributed by atoms with E-state index in [1.54, 1.807) is 30.3 Å². The van der Waals surface area contributed by atoms with Crippen LogP contribution in [0.2, 0.25) is 0 Å². The molecule has 1 heterocycles. The summed E-state index contributed by atoms with van der Waals surface area (Å²) in [7, 11) is 1.26. The van der Waals surface area contributed by atoms with Gasteiger partial charge in [-0.1, -0.05) is 30.3 Å². The van der Waals surface area contributed by atoms with E-state index in [1.165, 1.54) is 19.4 Å². The Morgan fingerprint density at radius 1 is 1.29 bits per heavy atom. The molecule has 0 aliphatic carbocycles. The Balaban J connectivity index is 2.37. The summed E-state index contributed by atoms with van der Waals surface area (Å²) < 4.78 is 4.75. The largest absolute Gasteiger partial charge is 0.467 e. The first kappa shape index (κ1) is 14.4. The van der Waals surface area contributed by atoms with Crippen molar-refractivity contribution < 1.29 is 14.5 Å². The average Bonchev–Trinajstić information content (AvgIpc) is 2.53. The van der Waals surface area contributed by atoms with Gasteiger partial charge in [0.2, 0.25) is 0 Å². The van der Waals surface area contributed by atoms with E-state index in [-0.39, 0.29) is 11.5 Å². The lowest BCUT2D eigenvalue weighted by Gasteiger charge is -2.17. The lowest BCUT2D eigenvalue weighted by Crippen LogP contribution is -2.22. The molecule has 0 spiro atoms. The van der Waals surface area contributed by atoms with Crippen molar-refractivity contribution in [1.29, 1.82) is 0 Å². The van der Waals surface area contributed by atoms with Gasteiger partial charge in [-0.25, -0.2) is 4.79 Å². The number of carbonyl (C=O) groups is 1. The summed E-state index contributed by atoms with van der Waals surface area (Å²) in [6.07, 6.45) is 1.32. The van der Waals surface area contributed by atoms with Gasteiger partial charge in [-0.3, -0.25) is 0 Å². The Bertz CT molecular complexity index is 646. The Hall–Kier alpha value is -2.96. The number of methoxy groups -OCH3 is 1. The van der Waals surface area contributed by atoms with Crippen molar-refractivity contribution in [1.82, 2.24) is 4.98 Å². The molecule has 0 amide bonds. The summed E-state index contributed by atoms with van der Waals surface area (Å²) in [5, 5.41) is 13.8. The lowest BCUT2D eigenvalue weighted by atomic mass is 10.1. The molecular formula is C14H13N3O4. The van der Waals surface area contributed by atoms with Gasteiger partial charge in [0, 0.05) is 0 Å². The summed E-state index contributed by atoms with van der Waals surface area (Å²) in [5.41, 5.74) is 0.796. The molecule has 108 valence electrons. The molecule has 0 aliphatic heterocycles.